The van der Waals surface area contributed by atoms with E-state index in [1.807, 2.05) is 12.1 Å². The smallest absolute Gasteiger partial charge is 0.262 e. The van der Waals surface area contributed by atoms with Crippen LogP contribution in [0.15, 0.2) is 79.5 Å². The van der Waals surface area contributed by atoms with E-state index in [0.29, 0.717) is 33.8 Å². The zero-order valence-electron chi connectivity index (χ0n) is 15.6. The average molecular weight is 422 g/mol. The first-order chi connectivity index (χ1) is 14.7. The quantitative estimate of drug-likeness (QED) is 0.482. The van der Waals surface area contributed by atoms with Gasteiger partial charge in [0.2, 0.25) is 5.88 Å². The van der Waals surface area contributed by atoms with E-state index < -0.39 is 0 Å². The third-order valence-electron chi connectivity index (χ3n) is 3.95. The van der Waals surface area contributed by atoms with Crippen molar-refractivity contribution in [3.05, 3.63) is 84.5 Å². The highest BCUT2D eigenvalue weighted by Gasteiger charge is 2.11. The van der Waals surface area contributed by atoms with Gasteiger partial charge in [-0.15, -0.1) is 0 Å². The molecule has 9 heteroatoms. The highest BCUT2D eigenvalue weighted by atomic mass is 35.5. The number of hydrogen-bond acceptors (Lipinski definition) is 6. The minimum absolute atomic E-state index is 0.177. The molecule has 0 aliphatic carbocycles. The van der Waals surface area contributed by atoms with Gasteiger partial charge in [-0.2, -0.15) is 5.10 Å². The predicted octanol–water partition coefficient (Wildman–Crippen LogP) is 4.13. The third-order valence-corrected chi connectivity index (χ3v) is 4.19. The topological polar surface area (TPSA) is 91.2 Å². The largest absolute Gasteiger partial charge is 0.484 e. The van der Waals surface area contributed by atoms with Gasteiger partial charge in [0.05, 0.1) is 11.4 Å². The number of nitrogens with zero attached hydrogens (tertiary/aromatic N) is 4. The van der Waals surface area contributed by atoms with E-state index in [1.54, 1.807) is 54.7 Å². The number of ether oxygens (including phenoxy) is 2. The Bertz CT molecular complexity index is 1120. The number of aromatic nitrogens is 4. The van der Waals surface area contributed by atoms with E-state index in [0.717, 1.165) is 0 Å². The Labute approximate surface area is 177 Å². The maximum atomic E-state index is 12.4. The van der Waals surface area contributed by atoms with Crippen LogP contribution >= 0.6 is 11.6 Å². The van der Waals surface area contributed by atoms with Gasteiger partial charge in [0.1, 0.15) is 24.2 Å². The summed E-state index contributed by atoms with van der Waals surface area (Å²) < 4.78 is 12.7. The lowest BCUT2D eigenvalue weighted by molar-refractivity contribution is -0.118. The first-order valence-electron chi connectivity index (χ1n) is 8.93. The SMILES string of the molecule is O=C(COc1ccc(Oc2ccccn2)cc1)Nc1cc(Cl)ccc1-n1cncn1. The molecule has 2 heterocycles. The number of rotatable bonds is 7. The van der Waals surface area contributed by atoms with E-state index in [-0.39, 0.29) is 12.5 Å². The van der Waals surface area contributed by atoms with Crippen LogP contribution in [0.4, 0.5) is 5.69 Å². The molecule has 0 atom stereocenters. The van der Waals surface area contributed by atoms with Gasteiger partial charge in [-0.05, 0) is 48.5 Å². The maximum Gasteiger partial charge on any atom is 0.262 e. The van der Waals surface area contributed by atoms with Crippen molar-refractivity contribution in [2.45, 2.75) is 0 Å². The Morgan fingerprint density at radius 1 is 1.07 bits per heavy atom. The van der Waals surface area contributed by atoms with Crippen molar-refractivity contribution in [1.29, 1.82) is 0 Å². The molecule has 0 unspecified atom stereocenters. The summed E-state index contributed by atoms with van der Waals surface area (Å²) in [4.78, 5) is 20.4. The summed E-state index contributed by atoms with van der Waals surface area (Å²) in [5, 5.41) is 7.35. The monoisotopic (exact) mass is 421 g/mol. The molecule has 0 fully saturated rings. The number of benzene rings is 2. The van der Waals surface area contributed by atoms with Crippen LogP contribution in [-0.4, -0.2) is 32.3 Å². The third kappa shape index (κ3) is 4.92. The van der Waals surface area contributed by atoms with E-state index >= 15 is 0 Å². The van der Waals surface area contributed by atoms with Gasteiger partial charge in [-0.25, -0.2) is 14.6 Å². The second kappa shape index (κ2) is 9.06. The molecule has 1 N–H and O–H groups in total. The fraction of sp³-hybridized carbons (Fsp3) is 0.0476. The summed E-state index contributed by atoms with van der Waals surface area (Å²) in [6.45, 7) is -0.177. The number of hydrogen-bond donors (Lipinski definition) is 1. The lowest BCUT2D eigenvalue weighted by atomic mass is 10.2. The molecule has 0 aliphatic rings. The van der Waals surface area contributed by atoms with Crippen LogP contribution in [0.1, 0.15) is 0 Å². The first kappa shape index (κ1) is 19.4. The number of anilines is 1. The lowest BCUT2D eigenvalue weighted by Gasteiger charge is -2.12. The fourth-order valence-corrected chi connectivity index (χ4v) is 2.78. The van der Waals surface area contributed by atoms with Crippen LogP contribution in [0.3, 0.4) is 0 Å². The summed E-state index contributed by atoms with van der Waals surface area (Å²) >= 11 is 6.06. The minimum Gasteiger partial charge on any atom is -0.484 e. The zero-order valence-corrected chi connectivity index (χ0v) is 16.4. The van der Waals surface area contributed by atoms with Crippen molar-refractivity contribution in [3.8, 4) is 23.1 Å². The van der Waals surface area contributed by atoms with E-state index in [4.69, 9.17) is 21.1 Å². The van der Waals surface area contributed by atoms with Crippen LogP contribution < -0.4 is 14.8 Å². The highest BCUT2D eigenvalue weighted by molar-refractivity contribution is 6.31. The molecule has 0 aliphatic heterocycles. The molecule has 150 valence electrons. The molecule has 4 rings (SSSR count). The second-order valence-electron chi connectivity index (χ2n) is 6.08. The summed E-state index contributed by atoms with van der Waals surface area (Å²) in [6, 6.07) is 17.4. The molecule has 8 nitrogen and oxygen atoms in total. The summed E-state index contributed by atoms with van der Waals surface area (Å²) in [6.07, 6.45) is 4.59. The van der Waals surface area contributed by atoms with Crippen molar-refractivity contribution in [3.63, 3.8) is 0 Å². The van der Waals surface area contributed by atoms with E-state index in [2.05, 4.69) is 20.4 Å². The molecule has 0 radical (unpaired) electrons. The zero-order chi connectivity index (χ0) is 20.8. The molecule has 0 bridgehead atoms. The Morgan fingerprint density at radius 2 is 1.90 bits per heavy atom. The van der Waals surface area contributed by atoms with Crippen molar-refractivity contribution >= 4 is 23.2 Å². The number of halogens is 1. The molecule has 30 heavy (non-hydrogen) atoms. The molecule has 2 aromatic heterocycles. The van der Waals surface area contributed by atoms with Crippen LogP contribution in [0.25, 0.3) is 5.69 Å². The summed E-state index contributed by atoms with van der Waals surface area (Å²) in [5.41, 5.74) is 1.14. The van der Waals surface area contributed by atoms with Crippen molar-refractivity contribution < 1.29 is 14.3 Å². The van der Waals surface area contributed by atoms with Gasteiger partial charge in [0.15, 0.2) is 6.61 Å². The molecule has 2 aromatic carbocycles. The van der Waals surface area contributed by atoms with Gasteiger partial charge in [0.25, 0.3) is 5.91 Å². The Balaban J connectivity index is 1.36. The number of carbonyl (C=O) groups excluding carboxylic acids is 1. The standard InChI is InChI=1S/C21H16ClN5O3/c22-15-4-9-19(27-14-23-13-25-27)18(11-15)26-20(28)12-29-16-5-7-17(8-6-16)30-21-3-1-2-10-24-21/h1-11,13-14H,12H2,(H,26,28). The van der Waals surface area contributed by atoms with Crippen molar-refractivity contribution in [1.82, 2.24) is 19.7 Å². The van der Waals surface area contributed by atoms with Gasteiger partial charge in [0, 0.05) is 17.3 Å². The van der Waals surface area contributed by atoms with Crippen LogP contribution in [0.5, 0.6) is 17.4 Å². The highest BCUT2D eigenvalue weighted by Crippen LogP contribution is 2.25. The Hall–Kier alpha value is -3.91. The van der Waals surface area contributed by atoms with Gasteiger partial charge in [-0.3, -0.25) is 4.79 Å². The fourth-order valence-electron chi connectivity index (χ4n) is 2.61. The van der Waals surface area contributed by atoms with Gasteiger partial charge < -0.3 is 14.8 Å². The number of pyridine rings is 1. The van der Waals surface area contributed by atoms with E-state index in [1.165, 1.54) is 17.3 Å². The normalized spacial score (nSPS) is 10.4. The van der Waals surface area contributed by atoms with Gasteiger partial charge in [-0.1, -0.05) is 17.7 Å². The average Bonchev–Trinajstić information content (AvgIpc) is 3.29. The molecule has 4 aromatic rings. The van der Waals surface area contributed by atoms with Crippen LogP contribution in [0, 0.1) is 0 Å². The maximum absolute atomic E-state index is 12.4. The predicted molar refractivity (Wildman–Crippen MR) is 111 cm³/mol. The molecule has 0 saturated heterocycles. The van der Waals surface area contributed by atoms with E-state index in [9.17, 15) is 4.79 Å². The van der Waals surface area contributed by atoms with Crippen LogP contribution in [0.2, 0.25) is 5.02 Å². The first-order valence-corrected chi connectivity index (χ1v) is 9.31. The minimum atomic E-state index is -0.340. The Morgan fingerprint density at radius 3 is 2.63 bits per heavy atom. The van der Waals surface area contributed by atoms with Crippen LogP contribution in [-0.2, 0) is 4.79 Å². The molecule has 0 spiro atoms. The number of nitrogens with one attached hydrogen (secondary N) is 1. The van der Waals surface area contributed by atoms with Crippen molar-refractivity contribution in [2.75, 3.05) is 11.9 Å². The number of carbonyl (C=O) groups is 1. The summed E-state index contributed by atoms with van der Waals surface area (Å²) in [7, 11) is 0. The number of amides is 1. The molecule has 1 amide bonds. The lowest BCUT2D eigenvalue weighted by Crippen LogP contribution is -2.21. The van der Waals surface area contributed by atoms with Gasteiger partial charge >= 0.3 is 0 Å². The summed E-state index contributed by atoms with van der Waals surface area (Å²) in [5.74, 6) is 1.30. The second-order valence-corrected chi connectivity index (χ2v) is 6.52. The van der Waals surface area contributed by atoms with Crippen molar-refractivity contribution in [2.24, 2.45) is 0 Å². The molecular formula is C21H16ClN5O3. The molecule has 0 saturated carbocycles. The molecular weight excluding hydrogens is 406 g/mol. The Kier molecular flexibility index (Phi) is 5.86.